The monoisotopic (exact) mass is 269 g/mol. The van der Waals surface area contributed by atoms with Crippen LogP contribution >= 0.6 is 0 Å². The Morgan fingerprint density at radius 1 is 1.11 bits per heavy atom. The normalized spacial score (nSPS) is 11.3. The Morgan fingerprint density at radius 2 is 1.72 bits per heavy atom. The topological polar surface area (TPSA) is 57.6 Å². The van der Waals surface area contributed by atoms with Crippen molar-refractivity contribution in [3.63, 3.8) is 0 Å². The number of carboxylic acids is 1. The number of carboxylic acid groups (broad SMARTS) is 1. The van der Waals surface area contributed by atoms with Crippen LogP contribution in [0.3, 0.4) is 0 Å². The minimum absolute atomic E-state index is 0.0500. The van der Waals surface area contributed by atoms with Crippen LogP contribution < -0.4 is 0 Å². The molecule has 0 aromatic carbocycles. The van der Waals surface area contributed by atoms with Crippen molar-refractivity contribution in [3.8, 4) is 0 Å². The van der Waals surface area contributed by atoms with E-state index >= 15 is 0 Å². The second-order valence-electron chi connectivity index (χ2n) is 3.99. The van der Waals surface area contributed by atoms with Gasteiger partial charge in [-0.25, -0.2) is 0 Å². The first-order valence-electron chi connectivity index (χ1n) is 5.87. The van der Waals surface area contributed by atoms with Crippen molar-refractivity contribution in [2.75, 3.05) is 13.1 Å². The van der Waals surface area contributed by atoms with Gasteiger partial charge in [0.05, 0.1) is 6.42 Å². The summed E-state index contributed by atoms with van der Waals surface area (Å²) in [6, 6.07) is 0. The van der Waals surface area contributed by atoms with Crippen molar-refractivity contribution >= 4 is 11.9 Å². The average molecular weight is 269 g/mol. The Bertz CT molecular complexity index is 279. The van der Waals surface area contributed by atoms with Gasteiger partial charge in [0.1, 0.15) is 0 Å². The van der Waals surface area contributed by atoms with Crippen molar-refractivity contribution in [2.45, 2.75) is 45.2 Å². The van der Waals surface area contributed by atoms with Crippen molar-refractivity contribution in [1.82, 2.24) is 4.90 Å². The summed E-state index contributed by atoms with van der Waals surface area (Å²) in [5, 5.41) is 8.44. The van der Waals surface area contributed by atoms with Gasteiger partial charge in [-0.2, -0.15) is 13.2 Å². The maximum Gasteiger partial charge on any atom is 0.471 e. The summed E-state index contributed by atoms with van der Waals surface area (Å²) < 4.78 is 36.8. The zero-order valence-corrected chi connectivity index (χ0v) is 10.3. The van der Waals surface area contributed by atoms with E-state index in [1.165, 1.54) is 0 Å². The largest absolute Gasteiger partial charge is 0.481 e. The standard InChI is InChI=1S/C11H18F3NO3/c1-2-3-4-5-7-15(8-6-9(16)17)10(18)11(12,13)14/h2-8H2,1H3,(H,16,17). The van der Waals surface area contributed by atoms with Gasteiger partial charge >= 0.3 is 18.1 Å². The second-order valence-corrected chi connectivity index (χ2v) is 3.99. The van der Waals surface area contributed by atoms with Crippen LogP contribution in [-0.2, 0) is 9.59 Å². The maximum atomic E-state index is 12.3. The Labute approximate surface area is 104 Å². The number of aliphatic carboxylic acids is 1. The molecule has 0 radical (unpaired) electrons. The van der Waals surface area contributed by atoms with Crippen molar-refractivity contribution in [1.29, 1.82) is 0 Å². The highest BCUT2D eigenvalue weighted by molar-refractivity contribution is 5.82. The van der Waals surface area contributed by atoms with Gasteiger partial charge in [0.25, 0.3) is 0 Å². The van der Waals surface area contributed by atoms with Gasteiger partial charge < -0.3 is 10.0 Å². The number of amides is 1. The summed E-state index contributed by atoms with van der Waals surface area (Å²) in [5.41, 5.74) is 0. The van der Waals surface area contributed by atoms with E-state index in [0.29, 0.717) is 11.3 Å². The van der Waals surface area contributed by atoms with Gasteiger partial charge in [0.2, 0.25) is 0 Å². The van der Waals surface area contributed by atoms with E-state index in [4.69, 9.17) is 5.11 Å². The smallest absolute Gasteiger partial charge is 0.471 e. The molecule has 0 atom stereocenters. The molecule has 18 heavy (non-hydrogen) atoms. The third-order valence-corrected chi connectivity index (χ3v) is 2.41. The molecule has 0 aliphatic carbocycles. The van der Waals surface area contributed by atoms with E-state index in [0.717, 1.165) is 19.3 Å². The Morgan fingerprint density at radius 3 is 2.17 bits per heavy atom. The lowest BCUT2D eigenvalue weighted by Crippen LogP contribution is -2.42. The minimum atomic E-state index is -4.94. The third kappa shape index (κ3) is 7.13. The van der Waals surface area contributed by atoms with Crippen LogP contribution in [0.5, 0.6) is 0 Å². The highest BCUT2D eigenvalue weighted by atomic mass is 19.4. The summed E-state index contributed by atoms with van der Waals surface area (Å²) in [5.74, 6) is -3.18. The highest BCUT2D eigenvalue weighted by Crippen LogP contribution is 2.19. The number of alkyl halides is 3. The Hall–Kier alpha value is -1.27. The van der Waals surface area contributed by atoms with E-state index in [-0.39, 0.29) is 6.54 Å². The SMILES string of the molecule is CCCCCCN(CCC(=O)O)C(=O)C(F)(F)F. The van der Waals surface area contributed by atoms with Crippen LogP contribution in [0.25, 0.3) is 0 Å². The summed E-state index contributed by atoms with van der Waals surface area (Å²) in [4.78, 5) is 22.0. The van der Waals surface area contributed by atoms with Crippen LogP contribution in [0.2, 0.25) is 0 Å². The molecule has 4 nitrogen and oxygen atoms in total. The minimum Gasteiger partial charge on any atom is -0.481 e. The van der Waals surface area contributed by atoms with Crippen LogP contribution in [0.1, 0.15) is 39.0 Å². The summed E-state index contributed by atoms with van der Waals surface area (Å²) in [6.45, 7) is 1.51. The van der Waals surface area contributed by atoms with E-state index in [1.807, 2.05) is 6.92 Å². The van der Waals surface area contributed by atoms with Crippen LogP contribution in [-0.4, -0.2) is 41.1 Å². The number of halogens is 3. The molecule has 0 aliphatic heterocycles. The van der Waals surface area contributed by atoms with Gasteiger partial charge in [-0.1, -0.05) is 26.2 Å². The van der Waals surface area contributed by atoms with Gasteiger partial charge in [0.15, 0.2) is 0 Å². The Kier molecular flexibility index (Phi) is 7.38. The van der Waals surface area contributed by atoms with Gasteiger partial charge in [-0.15, -0.1) is 0 Å². The molecule has 0 spiro atoms. The number of carbonyl (C=O) groups is 2. The van der Waals surface area contributed by atoms with E-state index < -0.39 is 31.0 Å². The molecule has 0 fully saturated rings. The quantitative estimate of drug-likeness (QED) is 0.688. The molecule has 0 aliphatic rings. The van der Waals surface area contributed by atoms with E-state index in [2.05, 4.69) is 0 Å². The average Bonchev–Trinajstić information content (AvgIpc) is 2.25. The van der Waals surface area contributed by atoms with Crippen LogP contribution in [0, 0.1) is 0 Å². The van der Waals surface area contributed by atoms with Crippen molar-refractivity contribution < 1.29 is 27.9 Å². The zero-order chi connectivity index (χ0) is 14.2. The van der Waals surface area contributed by atoms with E-state index in [1.54, 1.807) is 0 Å². The molecule has 0 unspecified atom stereocenters. The highest BCUT2D eigenvalue weighted by Gasteiger charge is 2.42. The molecule has 0 saturated heterocycles. The molecular weight excluding hydrogens is 251 g/mol. The predicted molar refractivity (Wildman–Crippen MR) is 59.0 cm³/mol. The number of rotatable bonds is 8. The van der Waals surface area contributed by atoms with Gasteiger partial charge in [0, 0.05) is 13.1 Å². The molecule has 0 bridgehead atoms. The Balaban J connectivity index is 4.33. The molecule has 106 valence electrons. The molecule has 0 saturated carbocycles. The second kappa shape index (κ2) is 7.94. The number of hydrogen-bond acceptors (Lipinski definition) is 2. The lowest BCUT2D eigenvalue weighted by atomic mass is 10.2. The fraction of sp³-hybridized carbons (Fsp3) is 0.818. The van der Waals surface area contributed by atoms with Crippen molar-refractivity contribution in [3.05, 3.63) is 0 Å². The van der Waals surface area contributed by atoms with Crippen molar-refractivity contribution in [2.24, 2.45) is 0 Å². The van der Waals surface area contributed by atoms with Crippen LogP contribution in [0.15, 0.2) is 0 Å². The first-order chi connectivity index (χ1) is 8.29. The molecule has 0 rings (SSSR count). The predicted octanol–water partition coefficient (Wildman–Crippen LogP) is 2.43. The fourth-order valence-electron chi connectivity index (χ4n) is 1.45. The fourth-order valence-corrected chi connectivity index (χ4v) is 1.45. The molecular formula is C11H18F3NO3. The van der Waals surface area contributed by atoms with Gasteiger partial charge in [-0.05, 0) is 6.42 Å². The zero-order valence-electron chi connectivity index (χ0n) is 10.3. The molecule has 0 aromatic rings. The van der Waals surface area contributed by atoms with Gasteiger partial charge in [-0.3, -0.25) is 9.59 Å². The number of carbonyl (C=O) groups excluding carboxylic acids is 1. The maximum absolute atomic E-state index is 12.3. The third-order valence-electron chi connectivity index (χ3n) is 2.41. The summed E-state index contributed by atoms with van der Waals surface area (Å²) in [6.07, 6.45) is -2.42. The lowest BCUT2D eigenvalue weighted by molar-refractivity contribution is -0.185. The summed E-state index contributed by atoms with van der Waals surface area (Å²) in [7, 11) is 0. The van der Waals surface area contributed by atoms with E-state index in [9.17, 15) is 22.8 Å². The molecule has 1 N–H and O–H groups in total. The number of unbranched alkanes of at least 4 members (excludes halogenated alkanes) is 3. The summed E-state index contributed by atoms with van der Waals surface area (Å²) >= 11 is 0. The number of nitrogens with zero attached hydrogens (tertiary/aromatic N) is 1. The molecule has 0 heterocycles. The molecule has 0 aromatic heterocycles. The first-order valence-corrected chi connectivity index (χ1v) is 5.87. The molecule has 7 heteroatoms. The lowest BCUT2D eigenvalue weighted by Gasteiger charge is -2.23. The number of hydrogen-bond donors (Lipinski definition) is 1. The van der Waals surface area contributed by atoms with Crippen LogP contribution in [0.4, 0.5) is 13.2 Å². The molecule has 1 amide bonds. The first kappa shape index (κ1) is 16.7.